The van der Waals surface area contributed by atoms with E-state index in [9.17, 15) is 4.79 Å². The zero-order valence-corrected chi connectivity index (χ0v) is 18.0. The summed E-state index contributed by atoms with van der Waals surface area (Å²) in [6.07, 6.45) is 1.68. The van der Waals surface area contributed by atoms with Crippen LogP contribution in [0.1, 0.15) is 12.5 Å². The van der Waals surface area contributed by atoms with Gasteiger partial charge in [-0.3, -0.25) is 10.2 Å². The molecule has 0 radical (unpaired) electrons. The van der Waals surface area contributed by atoms with Crippen LogP contribution in [0, 0.1) is 0 Å². The molecule has 0 atom stereocenters. The van der Waals surface area contributed by atoms with E-state index in [1.165, 1.54) is 0 Å². The van der Waals surface area contributed by atoms with E-state index in [-0.39, 0.29) is 12.5 Å². The second-order valence-electron chi connectivity index (χ2n) is 7.18. The maximum Gasteiger partial charge on any atom is 0.260 e. The Hall–Kier alpha value is -3.65. The molecule has 1 aliphatic rings. The number of rotatable bonds is 8. The highest BCUT2D eigenvalue weighted by atomic mass is 16.5. The molecule has 1 aromatic heterocycles. The highest BCUT2D eigenvalue weighted by molar-refractivity contribution is 5.83. The molecule has 2 heterocycles. The molecule has 2 aromatic carbocycles. The Kier molecular flexibility index (Phi) is 7.14. The number of para-hydroxylation sites is 1. The molecule has 0 bridgehead atoms. The number of nitrogens with zero attached hydrogens (tertiary/aromatic N) is 3. The van der Waals surface area contributed by atoms with Crippen molar-refractivity contribution in [3.8, 4) is 11.5 Å². The van der Waals surface area contributed by atoms with Gasteiger partial charge in [0.25, 0.3) is 5.91 Å². The van der Waals surface area contributed by atoms with Gasteiger partial charge in [-0.1, -0.05) is 18.2 Å². The summed E-state index contributed by atoms with van der Waals surface area (Å²) in [5.74, 6) is 1.69. The average molecular weight is 434 g/mol. The third-order valence-corrected chi connectivity index (χ3v) is 4.97. The van der Waals surface area contributed by atoms with Crippen molar-refractivity contribution in [3.63, 3.8) is 0 Å². The maximum absolute atomic E-state index is 12.3. The minimum atomic E-state index is -0.0616. The van der Waals surface area contributed by atoms with Crippen molar-refractivity contribution < 1.29 is 19.0 Å². The lowest BCUT2D eigenvalue weighted by molar-refractivity contribution is -0.137. The van der Waals surface area contributed by atoms with Gasteiger partial charge in [-0.2, -0.15) is 5.10 Å². The molecule has 1 saturated heterocycles. The summed E-state index contributed by atoms with van der Waals surface area (Å²) >= 11 is 0. The lowest BCUT2D eigenvalue weighted by atomic mass is 10.2. The predicted molar refractivity (Wildman–Crippen MR) is 123 cm³/mol. The molecular weight excluding hydrogens is 408 g/mol. The van der Waals surface area contributed by atoms with Crippen molar-refractivity contribution in [2.45, 2.75) is 6.92 Å². The summed E-state index contributed by atoms with van der Waals surface area (Å²) in [5.41, 5.74) is 4.68. The Balaban J connectivity index is 1.39. The summed E-state index contributed by atoms with van der Waals surface area (Å²) in [4.78, 5) is 18.6. The van der Waals surface area contributed by atoms with E-state index in [2.05, 4.69) is 15.5 Å². The first kappa shape index (κ1) is 21.6. The van der Waals surface area contributed by atoms with E-state index in [1.807, 2.05) is 55.5 Å². The monoisotopic (exact) mass is 434 g/mol. The minimum Gasteiger partial charge on any atom is -0.490 e. The first-order chi connectivity index (χ1) is 15.7. The molecule has 8 nitrogen and oxygen atoms in total. The van der Waals surface area contributed by atoms with Crippen molar-refractivity contribution >= 4 is 28.8 Å². The number of pyridine rings is 1. The summed E-state index contributed by atoms with van der Waals surface area (Å²) in [7, 11) is 0. The molecule has 4 rings (SSSR count). The number of amides is 1. The van der Waals surface area contributed by atoms with Gasteiger partial charge in [0.1, 0.15) is 5.82 Å². The molecule has 8 heteroatoms. The normalized spacial score (nSPS) is 14.0. The van der Waals surface area contributed by atoms with Crippen LogP contribution in [0.2, 0.25) is 0 Å². The zero-order valence-electron chi connectivity index (χ0n) is 18.0. The average Bonchev–Trinajstić information content (AvgIpc) is 2.84. The van der Waals surface area contributed by atoms with Gasteiger partial charge >= 0.3 is 0 Å². The fourth-order valence-electron chi connectivity index (χ4n) is 3.34. The van der Waals surface area contributed by atoms with E-state index in [0.29, 0.717) is 50.2 Å². The molecule has 32 heavy (non-hydrogen) atoms. The molecular formula is C24H26N4O4. The van der Waals surface area contributed by atoms with Crippen LogP contribution in [0.3, 0.4) is 0 Å². The number of hydrogen-bond acceptors (Lipinski definition) is 7. The number of ether oxygens (including phenoxy) is 3. The van der Waals surface area contributed by atoms with Crippen LogP contribution >= 0.6 is 0 Å². The van der Waals surface area contributed by atoms with Gasteiger partial charge in [0.15, 0.2) is 18.1 Å². The van der Waals surface area contributed by atoms with Crippen LogP contribution in [0.25, 0.3) is 10.9 Å². The van der Waals surface area contributed by atoms with Crippen LogP contribution in [0.5, 0.6) is 11.5 Å². The summed E-state index contributed by atoms with van der Waals surface area (Å²) in [5, 5.41) is 5.35. The number of carbonyl (C=O) groups excluding carboxylic acids is 1. The van der Waals surface area contributed by atoms with Crippen molar-refractivity contribution in [3.05, 3.63) is 60.2 Å². The second-order valence-corrected chi connectivity index (χ2v) is 7.18. The Labute approximate surface area is 186 Å². The van der Waals surface area contributed by atoms with Gasteiger partial charge in [-0.15, -0.1) is 0 Å². The van der Waals surface area contributed by atoms with E-state index >= 15 is 0 Å². The molecule has 0 saturated carbocycles. The van der Waals surface area contributed by atoms with Crippen LogP contribution in [-0.4, -0.2) is 61.5 Å². The summed E-state index contributed by atoms with van der Waals surface area (Å²) in [6.45, 7) is 4.65. The van der Waals surface area contributed by atoms with E-state index < -0.39 is 0 Å². The Morgan fingerprint density at radius 1 is 1.12 bits per heavy atom. The Morgan fingerprint density at radius 3 is 2.81 bits per heavy atom. The van der Waals surface area contributed by atoms with Crippen molar-refractivity contribution in [2.24, 2.45) is 5.10 Å². The standard InChI is InChI=1S/C24H26N4O4/c1-2-31-22-15-18(7-9-21(22)32-17-24(29)28-11-13-30-14-12-28)16-25-27-23-10-8-19-5-3-4-6-20(19)26-23/h3-10,15-16H,2,11-14,17H2,1H3,(H,26,27)/b25-16+. The smallest absolute Gasteiger partial charge is 0.260 e. The van der Waals surface area contributed by atoms with Crippen LogP contribution in [0.15, 0.2) is 59.7 Å². The molecule has 0 aliphatic carbocycles. The number of carbonyl (C=O) groups is 1. The van der Waals surface area contributed by atoms with Crippen molar-refractivity contribution in [1.29, 1.82) is 0 Å². The van der Waals surface area contributed by atoms with Gasteiger partial charge in [0, 0.05) is 18.5 Å². The van der Waals surface area contributed by atoms with Gasteiger partial charge in [-0.05, 0) is 48.9 Å². The van der Waals surface area contributed by atoms with Gasteiger partial charge < -0.3 is 19.1 Å². The lowest BCUT2D eigenvalue weighted by Crippen LogP contribution is -2.43. The van der Waals surface area contributed by atoms with E-state index in [1.54, 1.807) is 17.2 Å². The minimum absolute atomic E-state index is 0.0390. The van der Waals surface area contributed by atoms with Crippen LogP contribution in [0.4, 0.5) is 5.82 Å². The van der Waals surface area contributed by atoms with Crippen LogP contribution < -0.4 is 14.9 Å². The van der Waals surface area contributed by atoms with Crippen molar-refractivity contribution in [1.82, 2.24) is 9.88 Å². The maximum atomic E-state index is 12.3. The largest absolute Gasteiger partial charge is 0.490 e. The second kappa shape index (κ2) is 10.6. The Morgan fingerprint density at radius 2 is 1.97 bits per heavy atom. The number of nitrogens with one attached hydrogen (secondary N) is 1. The highest BCUT2D eigenvalue weighted by Crippen LogP contribution is 2.28. The van der Waals surface area contributed by atoms with Gasteiger partial charge in [0.05, 0.1) is 31.6 Å². The number of hydrogen-bond donors (Lipinski definition) is 1. The fraction of sp³-hybridized carbons (Fsp3) is 0.292. The number of morpholine rings is 1. The molecule has 1 amide bonds. The molecule has 1 fully saturated rings. The summed E-state index contributed by atoms with van der Waals surface area (Å²) in [6, 6.07) is 17.3. The number of fused-ring (bicyclic) bond motifs is 1. The molecule has 3 aromatic rings. The first-order valence-corrected chi connectivity index (χ1v) is 10.6. The lowest BCUT2D eigenvalue weighted by Gasteiger charge is -2.26. The number of aromatic nitrogens is 1. The van der Waals surface area contributed by atoms with Crippen molar-refractivity contribution in [2.75, 3.05) is 44.9 Å². The number of benzene rings is 2. The summed E-state index contributed by atoms with van der Waals surface area (Å²) < 4.78 is 16.7. The van der Waals surface area contributed by atoms with E-state index in [4.69, 9.17) is 14.2 Å². The molecule has 166 valence electrons. The SMILES string of the molecule is CCOc1cc(/C=N/Nc2ccc3ccccc3n2)ccc1OCC(=O)N1CCOCC1. The third-order valence-electron chi connectivity index (χ3n) is 4.97. The topological polar surface area (TPSA) is 85.3 Å². The van der Waals surface area contributed by atoms with Crippen LogP contribution in [-0.2, 0) is 9.53 Å². The molecule has 1 N–H and O–H groups in total. The number of anilines is 1. The molecule has 0 spiro atoms. The highest BCUT2D eigenvalue weighted by Gasteiger charge is 2.18. The number of hydrazone groups is 1. The first-order valence-electron chi connectivity index (χ1n) is 10.6. The zero-order chi connectivity index (χ0) is 22.2. The third kappa shape index (κ3) is 5.53. The molecule has 1 aliphatic heterocycles. The predicted octanol–water partition coefficient (Wildman–Crippen LogP) is 3.32. The molecule has 0 unspecified atom stereocenters. The fourth-order valence-corrected chi connectivity index (χ4v) is 3.34. The van der Waals surface area contributed by atoms with E-state index in [0.717, 1.165) is 16.5 Å². The van der Waals surface area contributed by atoms with Gasteiger partial charge in [0.2, 0.25) is 0 Å². The quantitative estimate of drug-likeness (QED) is 0.433. The van der Waals surface area contributed by atoms with Gasteiger partial charge in [-0.25, -0.2) is 4.98 Å². The Bertz CT molecular complexity index is 1100.